The maximum absolute atomic E-state index is 12.6. The van der Waals surface area contributed by atoms with E-state index in [0.717, 1.165) is 14.9 Å². The lowest BCUT2D eigenvalue weighted by Gasteiger charge is -2.28. The molecule has 1 atom stereocenters. The summed E-state index contributed by atoms with van der Waals surface area (Å²) in [6, 6.07) is 5.48. The molecular formula is C16H22N4O4S3. The Bertz CT molecular complexity index is 881. The van der Waals surface area contributed by atoms with Crippen molar-refractivity contribution >= 4 is 49.8 Å². The van der Waals surface area contributed by atoms with Gasteiger partial charge in [0.15, 0.2) is 4.34 Å². The summed E-state index contributed by atoms with van der Waals surface area (Å²) >= 11 is 2.79. The third kappa shape index (κ3) is 5.81. The normalized spacial score (nSPS) is 12.7. The van der Waals surface area contributed by atoms with Gasteiger partial charge in [-0.05, 0) is 31.2 Å². The molecular weight excluding hydrogens is 408 g/mol. The van der Waals surface area contributed by atoms with E-state index in [9.17, 15) is 13.2 Å². The predicted octanol–water partition coefficient (Wildman–Crippen LogP) is 2.84. The Hall–Kier alpha value is -1.85. The molecule has 0 fully saturated rings. The van der Waals surface area contributed by atoms with E-state index in [1.165, 1.54) is 25.4 Å². The van der Waals surface area contributed by atoms with E-state index in [2.05, 4.69) is 15.5 Å². The molecule has 27 heavy (non-hydrogen) atoms. The van der Waals surface area contributed by atoms with E-state index in [1.54, 1.807) is 36.0 Å². The molecule has 1 amide bonds. The van der Waals surface area contributed by atoms with Crippen LogP contribution in [0, 0.1) is 0 Å². The molecule has 0 aliphatic rings. The smallest absolute Gasteiger partial charge is 0.249 e. The standard InChI is InChI=1S/C16H22N4O4S3/c1-10(2)25-16-19-18-15(26-16)17-14(21)11(3)20(27(5,22)23)12-6-8-13(24-4)9-7-12/h6-11H,1-5H3,(H,17,18,21)/t11-/m0/s1. The summed E-state index contributed by atoms with van der Waals surface area (Å²) in [5, 5.41) is 11.3. The Kier molecular flexibility index (Phi) is 7.06. The first-order chi connectivity index (χ1) is 12.6. The summed E-state index contributed by atoms with van der Waals surface area (Å²) < 4.78 is 31.5. The van der Waals surface area contributed by atoms with E-state index < -0.39 is 22.0 Å². The number of methoxy groups -OCH3 is 1. The average molecular weight is 431 g/mol. The summed E-state index contributed by atoms with van der Waals surface area (Å²) in [4.78, 5) is 12.6. The fourth-order valence-corrected chi connectivity index (χ4v) is 5.41. The van der Waals surface area contributed by atoms with Crippen LogP contribution in [0.25, 0.3) is 0 Å². The minimum Gasteiger partial charge on any atom is -0.497 e. The second-order valence-electron chi connectivity index (χ2n) is 5.96. The molecule has 2 rings (SSSR count). The van der Waals surface area contributed by atoms with Crippen molar-refractivity contribution in [2.45, 2.75) is 36.4 Å². The van der Waals surface area contributed by atoms with Gasteiger partial charge in [0.2, 0.25) is 21.1 Å². The molecule has 0 unspecified atom stereocenters. The van der Waals surface area contributed by atoms with Gasteiger partial charge in [0.05, 0.1) is 19.1 Å². The SMILES string of the molecule is COc1ccc(N([C@@H](C)C(=O)Nc2nnc(SC(C)C)s2)S(C)(=O)=O)cc1. The van der Waals surface area contributed by atoms with Gasteiger partial charge in [-0.2, -0.15) is 0 Å². The van der Waals surface area contributed by atoms with E-state index in [4.69, 9.17) is 4.74 Å². The number of rotatable bonds is 8. The average Bonchev–Trinajstić information content (AvgIpc) is 3.00. The number of anilines is 2. The van der Waals surface area contributed by atoms with Crippen LogP contribution < -0.4 is 14.4 Å². The topological polar surface area (TPSA) is 101 Å². The van der Waals surface area contributed by atoms with E-state index in [1.807, 2.05) is 13.8 Å². The van der Waals surface area contributed by atoms with Crippen molar-refractivity contribution in [3.63, 3.8) is 0 Å². The summed E-state index contributed by atoms with van der Waals surface area (Å²) in [7, 11) is -2.17. The van der Waals surface area contributed by atoms with Crippen LogP contribution in [0.5, 0.6) is 5.75 Å². The summed E-state index contributed by atoms with van der Waals surface area (Å²) in [5.74, 6) is 0.0989. The molecule has 148 valence electrons. The van der Waals surface area contributed by atoms with E-state index in [-0.39, 0.29) is 0 Å². The number of carbonyl (C=O) groups is 1. The van der Waals surface area contributed by atoms with Gasteiger partial charge in [0.1, 0.15) is 11.8 Å². The lowest BCUT2D eigenvalue weighted by molar-refractivity contribution is -0.116. The molecule has 1 aromatic carbocycles. The van der Waals surface area contributed by atoms with Gasteiger partial charge in [-0.3, -0.25) is 14.4 Å². The van der Waals surface area contributed by atoms with Gasteiger partial charge in [-0.25, -0.2) is 8.42 Å². The number of ether oxygens (including phenoxy) is 1. The number of nitrogens with zero attached hydrogens (tertiary/aromatic N) is 3. The first-order valence-electron chi connectivity index (χ1n) is 8.06. The number of hydrogen-bond donors (Lipinski definition) is 1. The fraction of sp³-hybridized carbons (Fsp3) is 0.438. The Morgan fingerprint density at radius 2 is 1.85 bits per heavy atom. The molecule has 11 heteroatoms. The number of nitrogens with one attached hydrogen (secondary N) is 1. The molecule has 2 aromatic rings. The molecule has 0 radical (unpaired) electrons. The molecule has 0 bridgehead atoms. The molecule has 0 aliphatic heterocycles. The lowest BCUT2D eigenvalue weighted by atomic mass is 10.2. The molecule has 1 aromatic heterocycles. The zero-order valence-electron chi connectivity index (χ0n) is 15.7. The highest BCUT2D eigenvalue weighted by Crippen LogP contribution is 2.29. The van der Waals surface area contributed by atoms with Gasteiger partial charge in [0.25, 0.3) is 0 Å². The van der Waals surface area contributed by atoms with Crippen molar-refractivity contribution < 1.29 is 17.9 Å². The minimum atomic E-state index is -3.69. The Morgan fingerprint density at radius 3 is 2.37 bits per heavy atom. The molecule has 0 spiro atoms. The number of sulfonamides is 1. The maximum Gasteiger partial charge on any atom is 0.249 e. The van der Waals surface area contributed by atoms with Crippen molar-refractivity contribution in [1.29, 1.82) is 0 Å². The molecule has 0 aliphatic carbocycles. The molecule has 0 saturated carbocycles. The zero-order chi connectivity index (χ0) is 20.2. The van der Waals surface area contributed by atoms with Crippen molar-refractivity contribution in [2.75, 3.05) is 23.0 Å². The van der Waals surface area contributed by atoms with Crippen molar-refractivity contribution in [1.82, 2.24) is 10.2 Å². The molecule has 8 nitrogen and oxygen atoms in total. The molecule has 1 N–H and O–H groups in total. The maximum atomic E-state index is 12.6. The largest absolute Gasteiger partial charge is 0.497 e. The number of hydrogen-bond acceptors (Lipinski definition) is 8. The number of carbonyl (C=O) groups excluding carboxylic acids is 1. The predicted molar refractivity (Wildman–Crippen MR) is 109 cm³/mol. The van der Waals surface area contributed by atoms with Crippen molar-refractivity contribution in [3.8, 4) is 5.75 Å². The number of thioether (sulfide) groups is 1. The van der Waals surface area contributed by atoms with Crippen molar-refractivity contribution in [3.05, 3.63) is 24.3 Å². The highest BCUT2D eigenvalue weighted by atomic mass is 32.2. The third-order valence-electron chi connectivity index (χ3n) is 3.39. The minimum absolute atomic E-state index is 0.332. The number of amides is 1. The van der Waals surface area contributed by atoms with Gasteiger partial charge < -0.3 is 4.74 Å². The second kappa shape index (κ2) is 8.89. The van der Waals surface area contributed by atoms with E-state index >= 15 is 0 Å². The highest BCUT2D eigenvalue weighted by Gasteiger charge is 2.29. The fourth-order valence-electron chi connectivity index (χ4n) is 2.26. The van der Waals surface area contributed by atoms with Crippen LogP contribution in [0.1, 0.15) is 20.8 Å². The van der Waals surface area contributed by atoms with Crippen LogP contribution in [0.3, 0.4) is 0 Å². The van der Waals surface area contributed by atoms with Crippen LogP contribution >= 0.6 is 23.1 Å². The van der Waals surface area contributed by atoms with Crippen LogP contribution in [0.4, 0.5) is 10.8 Å². The van der Waals surface area contributed by atoms with Gasteiger partial charge in [-0.1, -0.05) is 36.9 Å². The Balaban J connectivity index is 2.20. The van der Waals surface area contributed by atoms with Crippen LogP contribution in [-0.4, -0.2) is 49.2 Å². The van der Waals surface area contributed by atoms with E-state index in [0.29, 0.717) is 21.8 Å². The van der Waals surface area contributed by atoms with Gasteiger partial charge >= 0.3 is 0 Å². The summed E-state index contributed by atoms with van der Waals surface area (Å²) in [6.07, 6.45) is 1.06. The van der Waals surface area contributed by atoms with Crippen molar-refractivity contribution in [2.24, 2.45) is 0 Å². The summed E-state index contributed by atoms with van der Waals surface area (Å²) in [6.45, 7) is 5.59. The van der Waals surface area contributed by atoms with Crippen LogP contribution in [-0.2, 0) is 14.8 Å². The second-order valence-corrected chi connectivity index (χ2v) is 10.6. The quantitative estimate of drug-likeness (QED) is 0.507. The molecule has 1 heterocycles. The third-order valence-corrected chi connectivity index (χ3v) is 6.56. The highest BCUT2D eigenvalue weighted by molar-refractivity contribution is 8.01. The monoisotopic (exact) mass is 430 g/mol. The number of benzene rings is 1. The molecule has 0 saturated heterocycles. The lowest BCUT2D eigenvalue weighted by Crippen LogP contribution is -2.45. The van der Waals surface area contributed by atoms with Gasteiger partial charge in [-0.15, -0.1) is 10.2 Å². The Morgan fingerprint density at radius 1 is 1.22 bits per heavy atom. The zero-order valence-corrected chi connectivity index (χ0v) is 18.1. The first kappa shape index (κ1) is 21.5. The summed E-state index contributed by atoms with van der Waals surface area (Å²) in [5.41, 5.74) is 0.370. The van der Waals surface area contributed by atoms with Crippen LogP contribution in [0.2, 0.25) is 0 Å². The van der Waals surface area contributed by atoms with Gasteiger partial charge in [0, 0.05) is 5.25 Å². The number of aromatic nitrogens is 2. The van der Waals surface area contributed by atoms with Crippen LogP contribution in [0.15, 0.2) is 28.6 Å². The Labute approximate surface area is 167 Å². The first-order valence-corrected chi connectivity index (χ1v) is 11.6.